The van der Waals surface area contributed by atoms with E-state index in [0.29, 0.717) is 0 Å². The zero-order chi connectivity index (χ0) is 10.7. The van der Waals surface area contributed by atoms with E-state index >= 15 is 0 Å². The number of rotatable bonds is 3. The maximum atomic E-state index is 12.8. The summed E-state index contributed by atoms with van der Waals surface area (Å²) in [5.74, 6) is -1.85. The lowest BCUT2D eigenvalue weighted by atomic mass is 10.1. The second-order valence-corrected chi connectivity index (χ2v) is 3.20. The first-order valence-corrected chi connectivity index (χ1v) is 4.27. The van der Waals surface area contributed by atoms with Crippen molar-refractivity contribution < 1.29 is 19.4 Å². The van der Waals surface area contributed by atoms with Crippen molar-refractivity contribution in [3.05, 3.63) is 28.5 Å². The molecule has 3 nitrogen and oxygen atoms in total. The van der Waals surface area contributed by atoms with Crippen LogP contribution in [-0.4, -0.2) is 16.2 Å². The molecule has 0 spiro atoms. The molecule has 0 amide bonds. The predicted octanol–water partition coefficient (Wildman–Crippen LogP) is 2.20. The maximum absolute atomic E-state index is 12.8. The fourth-order valence-electron chi connectivity index (χ4n) is 1.05. The molecule has 5 heteroatoms. The lowest BCUT2D eigenvalue weighted by Gasteiger charge is -2.04. The highest BCUT2D eigenvalue weighted by molar-refractivity contribution is 6.32. The largest absolute Gasteiger partial charge is 0.506 e. The minimum atomic E-state index is -1.01. The van der Waals surface area contributed by atoms with Crippen LogP contribution < -0.4 is 0 Å². The number of hydrogen-bond acceptors (Lipinski definition) is 2. The number of aromatic hydroxyl groups is 1. The van der Waals surface area contributed by atoms with Gasteiger partial charge in [0.25, 0.3) is 0 Å². The number of phenols is 1. The Morgan fingerprint density at radius 1 is 1.50 bits per heavy atom. The van der Waals surface area contributed by atoms with E-state index in [0.717, 1.165) is 12.1 Å². The van der Waals surface area contributed by atoms with E-state index < -0.39 is 11.8 Å². The molecule has 0 aliphatic heterocycles. The molecule has 0 atom stereocenters. The molecular formula is C9H8ClFO3. The molecule has 0 unspecified atom stereocenters. The lowest BCUT2D eigenvalue weighted by molar-refractivity contribution is -0.136. The molecule has 0 saturated carbocycles. The van der Waals surface area contributed by atoms with Crippen molar-refractivity contribution in [2.45, 2.75) is 12.8 Å². The molecule has 14 heavy (non-hydrogen) atoms. The molecule has 0 aliphatic rings. The van der Waals surface area contributed by atoms with E-state index in [-0.39, 0.29) is 29.2 Å². The van der Waals surface area contributed by atoms with Gasteiger partial charge >= 0.3 is 5.97 Å². The molecule has 1 rings (SSSR count). The van der Waals surface area contributed by atoms with E-state index in [2.05, 4.69) is 0 Å². The van der Waals surface area contributed by atoms with Gasteiger partial charge in [-0.1, -0.05) is 11.6 Å². The first-order valence-electron chi connectivity index (χ1n) is 3.89. The highest BCUT2D eigenvalue weighted by atomic mass is 35.5. The van der Waals surface area contributed by atoms with E-state index in [1.54, 1.807) is 0 Å². The monoisotopic (exact) mass is 218 g/mol. The summed E-state index contributed by atoms with van der Waals surface area (Å²) in [6.07, 6.45) is -0.119. The first-order chi connectivity index (χ1) is 6.50. The molecule has 0 bridgehead atoms. The van der Waals surface area contributed by atoms with Crippen LogP contribution >= 0.6 is 11.6 Å². The molecule has 76 valence electrons. The van der Waals surface area contributed by atoms with E-state index in [1.807, 2.05) is 0 Å². The van der Waals surface area contributed by atoms with Gasteiger partial charge in [0, 0.05) is 6.42 Å². The molecule has 0 saturated heterocycles. The highest BCUT2D eigenvalue weighted by Crippen LogP contribution is 2.29. The van der Waals surface area contributed by atoms with Crippen LogP contribution in [0, 0.1) is 5.82 Å². The van der Waals surface area contributed by atoms with Gasteiger partial charge in [-0.15, -0.1) is 0 Å². The molecular weight excluding hydrogens is 211 g/mol. The summed E-state index contributed by atoms with van der Waals surface area (Å²) in [5, 5.41) is 17.6. The van der Waals surface area contributed by atoms with E-state index in [1.165, 1.54) is 0 Å². The minimum Gasteiger partial charge on any atom is -0.506 e. The van der Waals surface area contributed by atoms with Crippen molar-refractivity contribution >= 4 is 17.6 Å². The standard InChI is InChI=1S/C9H8ClFO3/c10-7-4-6(11)3-5(9(7)14)1-2-8(12)13/h3-4,14H,1-2H2,(H,12,13). The average molecular weight is 219 g/mol. The second-order valence-electron chi connectivity index (χ2n) is 2.79. The maximum Gasteiger partial charge on any atom is 0.303 e. The summed E-state index contributed by atoms with van der Waals surface area (Å²) in [6, 6.07) is 2.05. The van der Waals surface area contributed by atoms with Crippen molar-refractivity contribution in [3.63, 3.8) is 0 Å². The first kappa shape index (κ1) is 10.8. The van der Waals surface area contributed by atoms with Gasteiger partial charge < -0.3 is 10.2 Å². The van der Waals surface area contributed by atoms with Gasteiger partial charge in [-0.25, -0.2) is 4.39 Å². The summed E-state index contributed by atoms with van der Waals surface area (Å²) in [7, 11) is 0. The van der Waals surface area contributed by atoms with Crippen molar-refractivity contribution in [1.29, 1.82) is 0 Å². The summed E-state index contributed by atoms with van der Waals surface area (Å²) >= 11 is 5.50. The van der Waals surface area contributed by atoms with Crippen molar-refractivity contribution in [2.75, 3.05) is 0 Å². The third-order valence-electron chi connectivity index (χ3n) is 1.72. The average Bonchev–Trinajstić information content (AvgIpc) is 2.08. The Balaban J connectivity index is 2.90. The Labute approximate surface area is 84.7 Å². The van der Waals surface area contributed by atoms with Crippen LogP contribution in [0.3, 0.4) is 0 Å². The number of benzene rings is 1. The number of aliphatic carboxylic acids is 1. The fourth-order valence-corrected chi connectivity index (χ4v) is 1.28. The van der Waals surface area contributed by atoms with Crippen molar-refractivity contribution in [2.24, 2.45) is 0 Å². The summed E-state index contributed by atoms with van der Waals surface area (Å²) in [5.41, 5.74) is 0.206. The number of phenolic OH excluding ortho intramolecular Hbond substituents is 1. The Morgan fingerprint density at radius 3 is 2.71 bits per heavy atom. The smallest absolute Gasteiger partial charge is 0.303 e. The number of hydrogen-bond donors (Lipinski definition) is 2. The molecule has 1 aromatic rings. The highest BCUT2D eigenvalue weighted by Gasteiger charge is 2.09. The zero-order valence-electron chi connectivity index (χ0n) is 7.13. The van der Waals surface area contributed by atoms with Crippen LogP contribution in [0.25, 0.3) is 0 Å². The molecule has 0 fully saturated rings. The quantitative estimate of drug-likeness (QED) is 0.818. The van der Waals surface area contributed by atoms with Gasteiger partial charge in [0.1, 0.15) is 11.6 Å². The van der Waals surface area contributed by atoms with Gasteiger partial charge in [0.15, 0.2) is 0 Å². The Kier molecular flexibility index (Phi) is 3.30. The number of carboxylic acids is 1. The summed E-state index contributed by atoms with van der Waals surface area (Å²) in [4.78, 5) is 10.2. The van der Waals surface area contributed by atoms with Gasteiger partial charge in [0.2, 0.25) is 0 Å². The van der Waals surface area contributed by atoms with Crippen LogP contribution in [0.4, 0.5) is 4.39 Å². The molecule has 0 aromatic heterocycles. The van der Waals surface area contributed by atoms with E-state index in [9.17, 15) is 14.3 Å². The minimum absolute atomic E-state index is 0.0542. The summed E-state index contributed by atoms with van der Waals surface area (Å²) < 4.78 is 12.8. The number of carboxylic acid groups (broad SMARTS) is 1. The molecule has 0 aliphatic carbocycles. The predicted molar refractivity (Wildman–Crippen MR) is 49.0 cm³/mol. The van der Waals surface area contributed by atoms with Crippen LogP contribution in [0.15, 0.2) is 12.1 Å². The van der Waals surface area contributed by atoms with Gasteiger partial charge in [-0.2, -0.15) is 0 Å². The summed E-state index contributed by atoms with van der Waals surface area (Å²) in [6.45, 7) is 0. The SMILES string of the molecule is O=C(O)CCc1cc(F)cc(Cl)c1O. The Morgan fingerprint density at radius 2 is 2.14 bits per heavy atom. The Bertz CT molecular complexity index is 365. The Hall–Kier alpha value is -1.29. The molecule has 1 aromatic carbocycles. The van der Waals surface area contributed by atoms with Crippen molar-refractivity contribution in [1.82, 2.24) is 0 Å². The van der Waals surface area contributed by atoms with E-state index in [4.69, 9.17) is 16.7 Å². The number of aryl methyl sites for hydroxylation is 1. The number of halogens is 2. The van der Waals surface area contributed by atoms with Crippen LogP contribution in [0.1, 0.15) is 12.0 Å². The molecule has 0 radical (unpaired) electrons. The molecule has 0 heterocycles. The molecule has 2 N–H and O–H groups in total. The lowest BCUT2D eigenvalue weighted by Crippen LogP contribution is -1.98. The third kappa shape index (κ3) is 2.60. The van der Waals surface area contributed by atoms with Crippen LogP contribution in [0.2, 0.25) is 5.02 Å². The third-order valence-corrected chi connectivity index (χ3v) is 2.00. The van der Waals surface area contributed by atoms with Gasteiger partial charge in [0.05, 0.1) is 5.02 Å². The zero-order valence-corrected chi connectivity index (χ0v) is 7.88. The fraction of sp³-hybridized carbons (Fsp3) is 0.222. The van der Waals surface area contributed by atoms with Gasteiger partial charge in [-0.05, 0) is 24.1 Å². The van der Waals surface area contributed by atoms with Crippen LogP contribution in [-0.2, 0) is 11.2 Å². The van der Waals surface area contributed by atoms with Crippen molar-refractivity contribution in [3.8, 4) is 5.75 Å². The number of carbonyl (C=O) groups is 1. The normalized spacial score (nSPS) is 10.1. The topological polar surface area (TPSA) is 57.5 Å². The van der Waals surface area contributed by atoms with Gasteiger partial charge in [-0.3, -0.25) is 4.79 Å². The second kappa shape index (κ2) is 4.28. The van der Waals surface area contributed by atoms with Crippen LogP contribution in [0.5, 0.6) is 5.75 Å².